The number of aliphatic hydroxyl groups excluding tert-OH is 2. The molecule has 3 fully saturated rings. The van der Waals surface area contributed by atoms with Crippen molar-refractivity contribution in [2.75, 3.05) is 0 Å². The molecule has 0 aromatic rings. The van der Waals surface area contributed by atoms with Gasteiger partial charge < -0.3 is 15.3 Å². The molecule has 6 atom stereocenters. The van der Waals surface area contributed by atoms with Crippen molar-refractivity contribution >= 4 is 0 Å². The minimum Gasteiger partial charge on any atom is -0.393 e. The third-order valence-electron chi connectivity index (χ3n) is 8.44. The summed E-state index contributed by atoms with van der Waals surface area (Å²) in [5, 5.41) is 30.2. The van der Waals surface area contributed by atoms with E-state index in [1.54, 1.807) is 5.57 Å². The normalized spacial score (nSPS) is 38.8. The second-order valence-electron chi connectivity index (χ2n) is 11.3. The molecule has 3 saturated carbocycles. The largest absolute Gasteiger partial charge is 0.393 e. The first-order valence-electron chi connectivity index (χ1n) is 12.2. The van der Waals surface area contributed by atoms with Crippen LogP contribution in [-0.2, 0) is 0 Å². The molecular weight excluding hydrogens is 372 g/mol. The van der Waals surface area contributed by atoms with Crippen LogP contribution in [0.15, 0.2) is 35.5 Å². The Kier molecular flexibility index (Phi) is 7.37. The highest BCUT2D eigenvalue weighted by Crippen LogP contribution is 2.60. The van der Waals surface area contributed by atoms with E-state index in [2.05, 4.69) is 32.6 Å². The van der Waals surface area contributed by atoms with Crippen LogP contribution in [0.2, 0.25) is 0 Å². The van der Waals surface area contributed by atoms with Gasteiger partial charge in [0, 0.05) is 6.42 Å². The molecule has 3 rings (SSSR count). The molecule has 30 heavy (non-hydrogen) atoms. The number of fused-ring (bicyclic) bond motifs is 1. The molecule has 3 heteroatoms. The summed E-state index contributed by atoms with van der Waals surface area (Å²) in [6.07, 6.45) is 13.9. The fraction of sp³-hybridized carbons (Fsp3) is 0.778. The Morgan fingerprint density at radius 3 is 2.67 bits per heavy atom. The van der Waals surface area contributed by atoms with Crippen LogP contribution in [0.4, 0.5) is 0 Å². The summed E-state index contributed by atoms with van der Waals surface area (Å²) in [5.41, 5.74) is 3.17. The zero-order chi connectivity index (χ0) is 22.1. The standard InChI is InChI=1S/C27H44O3/c1-18(8-6-14-26(3,4)30)23-12-13-24-20(9-7-15-27(23,24)5)10-11-21-16-22(28)17-25(29)19(21)2/h10-11,18,22-25,28-30H,2,6-9,12-17H2,1,3-5H3/b20-10?,21-11-/t18-,22-,23-,24+,25+,27-/m1/s1. The van der Waals surface area contributed by atoms with Gasteiger partial charge in [-0.15, -0.1) is 0 Å². The van der Waals surface area contributed by atoms with Crippen LogP contribution in [0.25, 0.3) is 0 Å². The number of hydrogen-bond acceptors (Lipinski definition) is 3. The summed E-state index contributed by atoms with van der Waals surface area (Å²) in [4.78, 5) is 0. The summed E-state index contributed by atoms with van der Waals surface area (Å²) >= 11 is 0. The van der Waals surface area contributed by atoms with Gasteiger partial charge in [0.1, 0.15) is 0 Å². The van der Waals surface area contributed by atoms with Gasteiger partial charge in [-0.25, -0.2) is 0 Å². The van der Waals surface area contributed by atoms with Crippen molar-refractivity contribution in [3.05, 3.63) is 35.5 Å². The monoisotopic (exact) mass is 416 g/mol. The minimum atomic E-state index is -0.615. The van der Waals surface area contributed by atoms with E-state index in [1.165, 1.54) is 38.5 Å². The Balaban J connectivity index is 1.70. The SMILES string of the molecule is C=C1/C(=C\C=C2CCC[C@]3(C)[C@@H]([C@H](C)CCCC(C)(C)O)CC[C@@H]23)C[C@@H](O)C[C@@H]1O. The lowest BCUT2D eigenvalue weighted by Crippen LogP contribution is -2.36. The molecular formula is C27H44O3. The van der Waals surface area contributed by atoms with Crippen LogP contribution in [0.1, 0.15) is 91.9 Å². The second kappa shape index (κ2) is 9.30. The molecule has 170 valence electrons. The third-order valence-corrected chi connectivity index (χ3v) is 8.44. The molecule has 0 aromatic heterocycles. The minimum absolute atomic E-state index is 0.374. The van der Waals surface area contributed by atoms with E-state index >= 15 is 0 Å². The topological polar surface area (TPSA) is 60.7 Å². The second-order valence-corrected chi connectivity index (χ2v) is 11.3. The summed E-state index contributed by atoms with van der Waals surface area (Å²) < 4.78 is 0. The van der Waals surface area contributed by atoms with Crippen molar-refractivity contribution < 1.29 is 15.3 Å². The van der Waals surface area contributed by atoms with Crippen LogP contribution in [0, 0.1) is 23.2 Å². The molecule has 0 unspecified atom stereocenters. The van der Waals surface area contributed by atoms with Gasteiger partial charge in [0.15, 0.2) is 0 Å². The van der Waals surface area contributed by atoms with E-state index in [9.17, 15) is 15.3 Å². The highest BCUT2D eigenvalue weighted by Gasteiger charge is 2.50. The van der Waals surface area contributed by atoms with Crippen molar-refractivity contribution in [3.8, 4) is 0 Å². The van der Waals surface area contributed by atoms with E-state index in [4.69, 9.17) is 0 Å². The summed E-state index contributed by atoms with van der Waals surface area (Å²) in [5.74, 6) is 2.11. The lowest BCUT2D eigenvalue weighted by Gasteiger charge is -2.44. The Labute approximate surface area is 184 Å². The molecule has 0 saturated heterocycles. The number of allylic oxidation sites excluding steroid dienone is 3. The number of hydrogen-bond donors (Lipinski definition) is 3. The van der Waals surface area contributed by atoms with Crippen LogP contribution in [0.5, 0.6) is 0 Å². The van der Waals surface area contributed by atoms with Crippen molar-refractivity contribution in [2.45, 2.75) is 110 Å². The van der Waals surface area contributed by atoms with Crippen LogP contribution in [-0.4, -0.2) is 33.1 Å². The first-order chi connectivity index (χ1) is 14.0. The molecule has 0 radical (unpaired) electrons. The highest BCUT2D eigenvalue weighted by atomic mass is 16.3. The van der Waals surface area contributed by atoms with Gasteiger partial charge in [-0.05, 0) is 93.1 Å². The van der Waals surface area contributed by atoms with Gasteiger partial charge in [-0.3, -0.25) is 0 Å². The average Bonchev–Trinajstić information content (AvgIpc) is 3.00. The van der Waals surface area contributed by atoms with Gasteiger partial charge in [-0.1, -0.05) is 51.0 Å². The first kappa shape index (κ1) is 23.8. The summed E-state index contributed by atoms with van der Waals surface area (Å²) in [6, 6.07) is 0. The maximum Gasteiger partial charge on any atom is 0.0811 e. The lowest BCUT2D eigenvalue weighted by molar-refractivity contribution is 0.0596. The first-order valence-corrected chi connectivity index (χ1v) is 12.2. The fourth-order valence-electron chi connectivity index (χ4n) is 6.74. The zero-order valence-corrected chi connectivity index (χ0v) is 19.7. The Hall–Kier alpha value is -0.900. The molecule has 0 aromatic carbocycles. The molecule has 0 amide bonds. The van der Waals surface area contributed by atoms with Gasteiger partial charge >= 0.3 is 0 Å². The van der Waals surface area contributed by atoms with Crippen LogP contribution >= 0.6 is 0 Å². The van der Waals surface area contributed by atoms with Crippen LogP contribution in [0.3, 0.4) is 0 Å². The van der Waals surface area contributed by atoms with Gasteiger partial charge in [0.2, 0.25) is 0 Å². The van der Waals surface area contributed by atoms with Gasteiger partial charge in [0.05, 0.1) is 17.8 Å². The molecule has 0 heterocycles. The highest BCUT2D eigenvalue weighted by molar-refractivity contribution is 5.38. The van der Waals surface area contributed by atoms with Gasteiger partial charge in [0.25, 0.3) is 0 Å². The maximum atomic E-state index is 10.1. The molecule has 0 bridgehead atoms. The zero-order valence-electron chi connectivity index (χ0n) is 19.7. The Morgan fingerprint density at radius 1 is 1.23 bits per heavy atom. The van der Waals surface area contributed by atoms with E-state index in [1.807, 2.05) is 13.8 Å². The molecule has 3 nitrogen and oxygen atoms in total. The lowest BCUT2D eigenvalue weighted by atomic mass is 9.60. The van der Waals surface area contributed by atoms with Crippen molar-refractivity contribution in [1.82, 2.24) is 0 Å². The predicted octanol–water partition coefficient (Wildman–Crippen LogP) is 5.70. The van der Waals surface area contributed by atoms with Crippen molar-refractivity contribution in [3.63, 3.8) is 0 Å². The molecule has 3 aliphatic rings. The van der Waals surface area contributed by atoms with E-state index < -0.39 is 17.8 Å². The van der Waals surface area contributed by atoms with E-state index in [-0.39, 0.29) is 0 Å². The molecule has 3 aliphatic carbocycles. The number of aliphatic hydroxyl groups is 3. The van der Waals surface area contributed by atoms with Crippen molar-refractivity contribution in [2.24, 2.45) is 23.2 Å². The molecule has 0 aliphatic heterocycles. The van der Waals surface area contributed by atoms with E-state index in [0.29, 0.717) is 30.1 Å². The third kappa shape index (κ3) is 5.29. The van der Waals surface area contributed by atoms with Crippen molar-refractivity contribution in [1.29, 1.82) is 0 Å². The Bertz CT molecular complexity index is 683. The molecule has 0 spiro atoms. The summed E-state index contributed by atoms with van der Waals surface area (Å²) in [6.45, 7) is 12.8. The van der Waals surface area contributed by atoms with Gasteiger partial charge in [-0.2, -0.15) is 0 Å². The Morgan fingerprint density at radius 2 is 1.97 bits per heavy atom. The smallest absolute Gasteiger partial charge is 0.0811 e. The summed E-state index contributed by atoms with van der Waals surface area (Å²) in [7, 11) is 0. The average molecular weight is 417 g/mol. The maximum absolute atomic E-state index is 10.1. The number of rotatable bonds is 6. The molecule has 3 N–H and O–H groups in total. The van der Waals surface area contributed by atoms with E-state index in [0.717, 1.165) is 29.9 Å². The quantitative estimate of drug-likeness (QED) is 0.520. The van der Waals surface area contributed by atoms with Crippen LogP contribution < -0.4 is 0 Å². The predicted molar refractivity (Wildman–Crippen MR) is 124 cm³/mol. The fourth-order valence-corrected chi connectivity index (χ4v) is 6.74.